The molecule has 0 saturated heterocycles. The predicted molar refractivity (Wildman–Crippen MR) is 115 cm³/mol. The van der Waals surface area contributed by atoms with Crippen molar-refractivity contribution in [1.82, 2.24) is 19.2 Å². The van der Waals surface area contributed by atoms with Crippen LogP contribution in [-0.2, 0) is 24.2 Å². The minimum absolute atomic E-state index is 0.0768. The summed E-state index contributed by atoms with van der Waals surface area (Å²) in [5.74, 6) is 0.720. The summed E-state index contributed by atoms with van der Waals surface area (Å²) >= 11 is 0. The summed E-state index contributed by atoms with van der Waals surface area (Å²) in [5.41, 5.74) is 4.09. The molecule has 2 heterocycles. The molecule has 0 bridgehead atoms. The van der Waals surface area contributed by atoms with Crippen LogP contribution in [0.3, 0.4) is 0 Å². The Morgan fingerprint density at radius 3 is 2.63 bits per heavy atom. The number of hydrogen-bond acceptors (Lipinski definition) is 4. The number of benzene rings is 2. The zero-order valence-corrected chi connectivity index (χ0v) is 16.6. The SMILES string of the molecule is Cc1ccccc1NC(=O)Cn1c2c(c(=O)n3nc(-c4ccccc4)nc13)CCC2. The molecule has 1 N–H and O–H groups in total. The molecule has 7 nitrogen and oxygen atoms in total. The van der Waals surface area contributed by atoms with Crippen molar-refractivity contribution in [3.63, 3.8) is 0 Å². The van der Waals surface area contributed by atoms with Gasteiger partial charge in [-0.3, -0.25) is 9.59 Å². The van der Waals surface area contributed by atoms with Crippen molar-refractivity contribution in [2.24, 2.45) is 0 Å². The third-order valence-corrected chi connectivity index (χ3v) is 5.55. The van der Waals surface area contributed by atoms with Crippen LogP contribution in [0.1, 0.15) is 23.2 Å². The number of aromatic nitrogens is 4. The van der Waals surface area contributed by atoms with Crippen LogP contribution >= 0.6 is 0 Å². The number of aryl methyl sites for hydroxylation is 1. The van der Waals surface area contributed by atoms with E-state index >= 15 is 0 Å². The van der Waals surface area contributed by atoms with E-state index in [-0.39, 0.29) is 18.0 Å². The molecule has 0 aliphatic heterocycles. The summed E-state index contributed by atoms with van der Waals surface area (Å²) in [6.07, 6.45) is 2.35. The Kier molecular flexibility index (Phi) is 4.43. The van der Waals surface area contributed by atoms with Crippen LogP contribution in [0.5, 0.6) is 0 Å². The Bertz CT molecular complexity index is 1320. The second-order valence-electron chi connectivity index (χ2n) is 7.55. The van der Waals surface area contributed by atoms with Gasteiger partial charge in [0, 0.05) is 22.5 Å². The molecule has 1 aliphatic carbocycles. The fraction of sp³-hybridized carbons (Fsp3) is 0.217. The van der Waals surface area contributed by atoms with Crippen molar-refractivity contribution >= 4 is 17.4 Å². The zero-order valence-electron chi connectivity index (χ0n) is 16.6. The number of para-hydroxylation sites is 1. The summed E-state index contributed by atoms with van der Waals surface area (Å²) in [5, 5.41) is 7.44. The number of nitrogens with zero attached hydrogens (tertiary/aromatic N) is 4. The van der Waals surface area contributed by atoms with E-state index in [0.717, 1.165) is 40.9 Å². The number of carbonyl (C=O) groups is 1. The van der Waals surface area contributed by atoms with Gasteiger partial charge < -0.3 is 9.88 Å². The van der Waals surface area contributed by atoms with Gasteiger partial charge in [0.05, 0.1) is 0 Å². The van der Waals surface area contributed by atoms with Crippen LogP contribution in [-0.4, -0.2) is 25.1 Å². The van der Waals surface area contributed by atoms with Crippen LogP contribution in [0.4, 0.5) is 5.69 Å². The van der Waals surface area contributed by atoms with Crippen LogP contribution in [0.2, 0.25) is 0 Å². The van der Waals surface area contributed by atoms with Crippen molar-refractivity contribution in [3.05, 3.63) is 81.8 Å². The van der Waals surface area contributed by atoms with Gasteiger partial charge in [0.1, 0.15) is 6.54 Å². The summed E-state index contributed by atoms with van der Waals surface area (Å²) in [4.78, 5) is 30.5. The minimum Gasteiger partial charge on any atom is -0.324 e. The molecule has 2 aromatic carbocycles. The Balaban J connectivity index is 1.59. The van der Waals surface area contributed by atoms with Gasteiger partial charge in [0.15, 0.2) is 5.82 Å². The standard InChI is InChI=1S/C23H21N5O2/c1-15-8-5-6-12-18(15)24-20(29)14-27-19-13-7-11-17(19)22(30)28-23(27)25-21(26-28)16-9-3-2-4-10-16/h2-6,8-10,12H,7,11,13-14H2,1H3,(H,24,29). The first-order valence-electron chi connectivity index (χ1n) is 10.0. The molecule has 150 valence electrons. The zero-order chi connectivity index (χ0) is 20.7. The molecule has 0 spiro atoms. The Labute approximate surface area is 173 Å². The molecule has 30 heavy (non-hydrogen) atoms. The minimum atomic E-state index is -0.159. The fourth-order valence-corrected chi connectivity index (χ4v) is 4.04. The molecule has 0 radical (unpaired) electrons. The lowest BCUT2D eigenvalue weighted by Gasteiger charge is -2.14. The number of hydrogen-bond donors (Lipinski definition) is 1. The molecule has 0 saturated carbocycles. The quantitative estimate of drug-likeness (QED) is 0.572. The van der Waals surface area contributed by atoms with E-state index in [9.17, 15) is 9.59 Å². The third kappa shape index (κ3) is 3.08. The molecule has 1 amide bonds. The van der Waals surface area contributed by atoms with E-state index in [1.807, 2.05) is 66.1 Å². The van der Waals surface area contributed by atoms with Crippen molar-refractivity contribution in [3.8, 4) is 11.4 Å². The maximum atomic E-state index is 13.0. The number of carbonyl (C=O) groups excluding carboxylic acids is 1. The topological polar surface area (TPSA) is 81.3 Å². The lowest BCUT2D eigenvalue weighted by Crippen LogP contribution is -2.28. The summed E-state index contributed by atoms with van der Waals surface area (Å²) in [6.45, 7) is 2.03. The first kappa shape index (κ1) is 18.3. The van der Waals surface area contributed by atoms with Crippen molar-refractivity contribution in [1.29, 1.82) is 0 Å². The second kappa shape index (κ2) is 7.26. The number of nitrogens with one attached hydrogen (secondary N) is 1. The Hall–Kier alpha value is -3.74. The van der Waals surface area contributed by atoms with Crippen molar-refractivity contribution in [2.45, 2.75) is 32.7 Å². The molecule has 2 aromatic heterocycles. The summed E-state index contributed by atoms with van der Waals surface area (Å²) < 4.78 is 3.18. The lowest BCUT2D eigenvalue weighted by atomic mass is 10.2. The largest absolute Gasteiger partial charge is 0.324 e. The van der Waals surface area contributed by atoms with Gasteiger partial charge in [-0.25, -0.2) is 0 Å². The molecule has 1 aliphatic rings. The van der Waals surface area contributed by atoms with E-state index in [2.05, 4.69) is 15.4 Å². The molecular formula is C23H21N5O2. The molecule has 5 rings (SSSR count). The van der Waals surface area contributed by atoms with E-state index in [0.29, 0.717) is 18.0 Å². The van der Waals surface area contributed by atoms with Gasteiger partial charge >= 0.3 is 0 Å². The maximum Gasteiger partial charge on any atom is 0.279 e. The smallest absolute Gasteiger partial charge is 0.279 e. The van der Waals surface area contributed by atoms with Crippen molar-refractivity contribution < 1.29 is 4.79 Å². The van der Waals surface area contributed by atoms with Gasteiger partial charge in [-0.05, 0) is 37.8 Å². The van der Waals surface area contributed by atoms with Crippen LogP contribution in [0.15, 0.2) is 59.4 Å². The van der Waals surface area contributed by atoms with Gasteiger partial charge in [-0.2, -0.15) is 9.50 Å². The summed E-state index contributed by atoms with van der Waals surface area (Å²) in [7, 11) is 0. The average molecular weight is 399 g/mol. The fourth-order valence-electron chi connectivity index (χ4n) is 4.04. The summed E-state index contributed by atoms with van der Waals surface area (Å²) in [6, 6.07) is 17.2. The van der Waals surface area contributed by atoms with Crippen LogP contribution in [0.25, 0.3) is 17.2 Å². The third-order valence-electron chi connectivity index (χ3n) is 5.55. The highest BCUT2D eigenvalue weighted by atomic mass is 16.2. The molecule has 0 fully saturated rings. The molecule has 0 unspecified atom stereocenters. The van der Waals surface area contributed by atoms with E-state index in [1.54, 1.807) is 0 Å². The molecule has 4 aromatic rings. The average Bonchev–Trinajstić information content (AvgIpc) is 3.42. The molecular weight excluding hydrogens is 378 g/mol. The molecule has 0 atom stereocenters. The van der Waals surface area contributed by atoms with Gasteiger partial charge in [0.25, 0.3) is 5.56 Å². The Morgan fingerprint density at radius 2 is 1.83 bits per heavy atom. The second-order valence-corrected chi connectivity index (χ2v) is 7.55. The van der Waals surface area contributed by atoms with Crippen LogP contribution < -0.4 is 10.9 Å². The Morgan fingerprint density at radius 1 is 1.07 bits per heavy atom. The number of fused-ring (bicyclic) bond motifs is 2. The van der Waals surface area contributed by atoms with Gasteiger partial charge in [0.2, 0.25) is 11.7 Å². The van der Waals surface area contributed by atoms with Gasteiger partial charge in [-0.1, -0.05) is 48.5 Å². The number of anilines is 1. The number of rotatable bonds is 4. The highest BCUT2D eigenvalue weighted by Crippen LogP contribution is 2.23. The molecule has 7 heteroatoms. The highest BCUT2D eigenvalue weighted by molar-refractivity contribution is 5.91. The first-order valence-corrected chi connectivity index (χ1v) is 10.0. The van der Waals surface area contributed by atoms with Crippen molar-refractivity contribution in [2.75, 3.05) is 5.32 Å². The highest BCUT2D eigenvalue weighted by Gasteiger charge is 2.25. The van der Waals surface area contributed by atoms with Crippen LogP contribution in [0, 0.1) is 6.92 Å². The van der Waals surface area contributed by atoms with E-state index in [1.165, 1.54) is 4.52 Å². The van der Waals surface area contributed by atoms with Gasteiger partial charge in [-0.15, -0.1) is 5.10 Å². The normalized spacial score (nSPS) is 12.8. The van der Waals surface area contributed by atoms with E-state index in [4.69, 9.17) is 0 Å². The first-order chi connectivity index (χ1) is 14.6. The lowest BCUT2D eigenvalue weighted by molar-refractivity contribution is -0.116. The predicted octanol–water partition coefficient (Wildman–Crippen LogP) is 2.99. The number of amides is 1. The maximum absolute atomic E-state index is 13.0. The van der Waals surface area contributed by atoms with E-state index < -0.39 is 0 Å². The monoisotopic (exact) mass is 399 g/mol.